The molecule has 1 aromatic carbocycles. The Morgan fingerprint density at radius 3 is 2.37 bits per heavy atom. The molecule has 1 aliphatic heterocycles. The van der Waals surface area contributed by atoms with E-state index in [0.29, 0.717) is 23.7 Å². The average Bonchev–Trinajstić information content (AvgIpc) is 2.74. The lowest BCUT2D eigenvalue weighted by Crippen LogP contribution is -2.49. The van der Waals surface area contributed by atoms with E-state index in [4.69, 9.17) is 11.6 Å². The average molecular weight is 380 g/mol. The number of rotatable bonds is 3. The lowest BCUT2D eigenvalue weighted by molar-refractivity contribution is 0.0746. The van der Waals surface area contributed by atoms with Crippen LogP contribution < -0.4 is 4.90 Å². The van der Waals surface area contributed by atoms with Crippen molar-refractivity contribution in [2.24, 2.45) is 0 Å². The second-order valence-electron chi connectivity index (χ2n) is 6.30. The third-order valence-electron chi connectivity index (χ3n) is 4.59. The lowest BCUT2D eigenvalue weighted by Gasteiger charge is -2.35. The summed E-state index contributed by atoms with van der Waals surface area (Å²) < 4.78 is 0. The zero-order valence-electron chi connectivity index (χ0n) is 14.6. The molecule has 1 saturated heterocycles. The SMILES string of the molecule is O=C(c1cccc(Cl)c1)N1CCN(c2ccc(-c3ccncc3)nn2)CC1. The van der Waals surface area contributed by atoms with E-state index >= 15 is 0 Å². The Hall–Kier alpha value is -2.99. The maximum absolute atomic E-state index is 12.6. The van der Waals surface area contributed by atoms with Gasteiger partial charge in [-0.15, -0.1) is 10.2 Å². The summed E-state index contributed by atoms with van der Waals surface area (Å²) in [6, 6.07) is 14.8. The molecule has 7 heteroatoms. The Morgan fingerprint density at radius 2 is 1.70 bits per heavy atom. The van der Waals surface area contributed by atoms with Crippen molar-refractivity contribution in [1.82, 2.24) is 20.1 Å². The molecule has 4 rings (SSSR count). The summed E-state index contributed by atoms with van der Waals surface area (Å²) in [5.74, 6) is 0.832. The van der Waals surface area contributed by atoms with Crippen LogP contribution in [0.3, 0.4) is 0 Å². The van der Waals surface area contributed by atoms with Gasteiger partial charge in [-0.2, -0.15) is 0 Å². The van der Waals surface area contributed by atoms with Gasteiger partial charge in [0.05, 0.1) is 5.69 Å². The van der Waals surface area contributed by atoms with Crippen LogP contribution in [0.5, 0.6) is 0 Å². The Labute approximate surface area is 162 Å². The lowest BCUT2D eigenvalue weighted by atomic mass is 10.1. The van der Waals surface area contributed by atoms with Gasteiger partial charge in [0.2, 0.25) is 0 Å². The van der Waals surface area contributed by atoms with E-state index in [9.17, 15) is 4.79 Å². The summed E-state index contributed by atoms with van der Waals surface area (Å²) in [7, 11) is 0. The number of carbonyl (C=O) groups excluding carboxylic acids is 1. The maximum atomic E-state index is 12.6. The minimum absolute atomic E-state index is 0.0104. The van der Waals surface area contributed by atoms with E-state index in [1.54, 1.807) is 36.7 Å². The molecule has 136 valence electrons. The normalized spacial score (nSPS) is 14.3. The standard InChI is InChI=1S/C20H18ClN5O/c21-17-3-1-2-16(14-17)20(27)26-12-10-25(11-13-26)19-5-4-18(23-24-19)15-6-8-22-9-7-15/h1-9,14H,10-13H2. The second-order valence-corrected chi connectivity index (χ2v) is 6.74. The summed E-state index contributed by atoms with van der Waals surface area (Å²) >= 11 is 5.99. The first-order valence-corrected chi connectivity index (χ1v) is 9.12. The van der Waals surface area contributed by atoms with Gasteiger partial charge < -0.3 is 9.80 Å². The molecule has 0 spiro atoms. The number of aromatic nitrogens is 3. The highest BCUT2D eigenvalue weighted by molar-refractivity contribution is 6.30. The number of nitrogens with zero attached hydrogens (tertiary/aromatic N) is 5. The molecule has 27 heavy (non-hydrogen) atoms. The van der Waals surface area contributed by atoms with Gasteiger partial charge in [-0.1, -0.05) is 17.7 Å². The number of hydrogen-bond donors (Lipinski definition) is 0. The molecule has 0 N–H and O–H groups in total. The molecule has 0 saturated carbocycles. The number of halogens is 1. The van der Waals surface area contributed by atoms with Crippen molar-refractivity contribution in [1.29, 1.82) is 0 Å². The summed E-state index contributed by atoms with van der Waals surface area (Å²) in [5, 5.41) is 9.25. The number of benzene rings is 1. The van der Waals surface area contributed by atoms with Crippen LogP contribution in [-0.2, 0) is 0 Å². The fourth-order valence-electron chi connectivity index (χ4n) is 3.11. The predicted molar refractivity (Wildman–Crippen MR) is 105 cm³/mol. The quantitative estimate of drug-likeness (QED) is 0.699. The first kappa shape index (κ1) is 17.4. The highest BCUT2D eigenvalue weighted by atomic mass is 35.5. The minimum atomic E-state index is 0.0104. The topological polar surface area (TPSA) is 62.2 Å². The first-order valence-electron chi connectivity index (χ1n) is 8.74. The van der Waals surface area contributed by atoms with Crippen molar-refractivity contribution in [3.8, 4) is 11.3 Å². The van der Waals surface area contributed by atoms with E-state index in [2.05, 4.69) is 20.1 Å². The fraction of sp³-hybridized carbons (Fsp3) is 0.200. The number of hydrogen-bond acceptors (Lipinski definition) is 5. The number of amides is 1. The molecule has 3 heterocycles. The molecule has 0 bridgehead atoms. The van der Waals surface area contributed by atoms with Gasteiger partial charge in [-0.25, -0.2) is 0 Å². The monoisotopic (exact) mass is 379 g/mol. The highest BCUT2D eigenvalue weighted by Gasteiger charge is 2.23. The fourth-order valence-corrected chi connectivity index (χ4v) is 3.30. The van der Waals surface area contributed by atoms with Crippen LogP contribution >= 0.6 is 11.6 Å². The molecule has 1 fully saturated rings. The molecule has 0 radical (unpaired) electrons. The summed E-state index contributed by atoms with van der Waals surface area (Å²) in [6.45, 7) is 2.71. The molecule has 3 aromatic rings. The van der Waals surface area contributed by atoms with Crippen molar-refractivity contribution in [2.45, 2.75) is 0 Å². The van der Waals surface area contributed by atoms with Crippen LogP contribution in [0.4, 0.5) is 5.82 Å². The van der Waals surface area contributed by atoms with Crippen molar-refractivity contribution < 1.29 is 4.79 Å². The highest BCUT2D eigenvalue weighted by Crippen LogP contribution is 2.19. The second kappa shape index (κ2) is 7.72. The van der Waals surface area contributed by atoms with Gasteiger partial charge in [0.25, 0.3) is 5.91 Å². The molecule has 1 amide bonds. The number of carbonyl (C=O) groups is 1. The Kier molecular flexibility index (Phi) is 4.98. The summed E-state index contributed by atoms with van der Waals surface area (Å²) in [5.41, 5.74) is 2.43. The van der Waals surface area contributed by atoms with E-state index in [-0.39, 0.29) is 5.91 Å². The predicted octanol–water partition coefficient (Wildman–Crippen LogP) is 3.15. The van der Waals surface area contributed by atoms with Crippen molar-refractivity contribution in [3.63, 3.8) is 0 Å². The largest absolute Gasteiger partial charge is 0.352 e. The van der Waals surface area contributed by atoms with Crippen molar-refractivity contribution >= 4 is 23.3 Å². The molecule has 0 aliphatic carbocycles. The van der Waals surface area contributed by atoms with Crippen molar-refractivity contribution in [3.05, 3.63) is 71.5 Å². The Bertz CT molecular complexity index is 925. The molecular formula is C20H18ClN5O. The van der Waals surface area contributed by atoms with Gasteiger partial charge in [0, 0.05) is 54.7 Å². The zero-order valence-corrected chi connectivity index (χ0v) is 15.4. The number of pyridine rings is 1. The summed E-state index contributed by atoms with van der Waals surface area (Å²) in [6.07, 6.45) is 3.47. The molecule has 0 unspecified atom stereocenters. The van der Waals surface area contributed by atoms with Gasteiger partial charge in [-0.3, -0.25) is 9.78 Å². The van der Waals surface area contributed by atoms with Crippen LogP contribution in [0.1, 0.15) is 10.4 Å². The van der Waals surface area contributed by atoms with Crippen LogP contribution in [-0.4, -0.2) is 52.2 Å². The maximum Gasteiger partial charge on any atom is 0.254 e. The van der Waals surface area contributed by atoms with Gasteiger partial charge in [0.1, 0.15) is 0 Å². The molecule has 2 aromatic heterocycles. The third kappa shape index (κ3) is 3.90. The van der Waals surface area contributed by atoms with Crippen molar-refractivity contribution in [2.75, 3.05) is 31.1 Å². The minimum Gasteiger partial charge on any atom is -0.352 e. The summed E-state index contributed by atoms with van der Waals surface area (Å²) in [4.78, 5) is 20.6. The number of piperazine rings is 1. The zero-order chi connectivity index (χ0) is 18.6. The van der Waals surface area contributed by atoms with Crippen LogP contribution in [0, 0.1) is 0 Å². The third-order valence-corrected chi connectivity index (χ3v) is 4.82. The number of anilines is 1. The first-order chi connectivity index (χ1) is 13.2. The van der Waals surface area contributed by atoms with Gasteiger partial charge in [-0.05, 0) is 42.5 Å². The van der Waals surface area contributed by atoms with Crippen LogP contribution in [0.15, 0.2) is 60.9 Å². The Morgan fingerprint density at radius 1 is 0.926 bits per heavy atom. The van der Waals surface area contributed by atoms with E-state index in [0.717, 1.165) is 30.2 Å². The molecule has 6 nitrogen and oxygen atoms in total. The van der Waals surface area contributed by atoms with Crippen LogP contribution in [0.2, 0.25) is 5.02 Å². The smallest absolute Gasteiger partial charge is 0.254 e. The molecular weight excluding hydrogens is 362 g/mol. The van der Waals surface area contributed by atoms with E-state index in [1.807, 2.05) is 29.2 Å². The molecule has 0 atom stereocenters. The van der Waals surface area contributed by atoms with Gasteiger partial charge >= 0.3 is 0 Å². The Balaban J connectivity index is 1.40. The van der Waals surface area contributed by atoms with E-state index < -0.39 is 0 Å². The van der Waals surface area contributed by atoms with Crippen LogP contribution in [0.25, 0.3) is 11.3 Å². The van der Waals surface area contributed by atoms with Gasteiger partial charge in [0.15, 0.2) is 5.82 Å². The van der Waals surface area contributed by atoms with E-state index in [1.165, 1.54) is 0 Å². The molecule has 1 aliphatic rings.